The maximum Gasteiger partial charge on any atom is 0.252 e. The van der Waals surface area contributed by atoms with Crippen LogP contribution in [0.25, 0.3) is 0 Å². The second-order valence-electron chi connectivity index (χ2n) is 8.79. The minimum absolute atomic E-state index is 0.0487. The van der Waals surface area contributed by atoms with Gasteiger partial charge in [0.1, 0.15) is 12.6 Å². The molecule has 0 unspecified atom stereocenters. The third-order valence-electron chi connectivity index (χ3n) is 6.24. The van der Waals surface area contributed by atoms with Crippen molar-refractivity contribution in [2.24, 2.45) is 10.9 Å². The molecule has 3 aromatic carbocycles. The summed E-state index contributed by atoms with van der Waals surface area (Å²) in [6.45, 7) is 5.84. The number of anilines is 2. The van der Waals surface area contributed by atoms with E-state index >= 15 is 0 Å². The third kappa shape index (κ3) is 5.42. The summed E-state index contributed by atoms with van der Waals surface area (Å²) >= 11 is 12.9. The zero-order valence-electron chi connectivity index (χ0n) is 19.9. The van der Waals surface area contributed by atoms with Crippen molar-refractivity contribution in [2.75, 3.05) is 16.8 Å². The minimum atomic E-state index is -0.676. The van der Waals surface area contributed by atoms with Gasteiger partial charge in [0.2, 0.25) is 5.91 Å². The van der Waals surface area contributed by atoms with Crippen LogP contribution in [0, 0.1) is 12.8 Å². The first-order valence-electron chi connectivity index (χ1n) is 11.6. The smallest absolute Gasteiger partial charge is 0.252 e. The Morgan fingerprint density at radius 3 is 2.46 bits per heavy atom. The molecular weight excluding hydrogens is 481 g/mol. The number of hydrogen-bond donors (Lipinski definition) is 1. The number of nitrogens with one attached hydrogen (secondary N) is 1. The molecule has 2 amide bonds. The number of fused-ring (bicyclic) bond motifs is 1. The van der Waals surface area contributed by atoms with Crippen molar-refractivity contribution in [3.63, 3.8) is 0 Å². The summed E-state index contributed by atoms with van der Waals surface area (Å²) < 4.78 is 0. The van der Waals surface area contributed by atoms with Gasteiger partial charge in [0, 0.05) is 26.9 Å². The highest BCUT2D eigenvalue weighted by molar-refractivity contribution is 6.37. The van der Waals surface area contributed by atoms with Crippen LogP contribution >= 0.6 is 23.2 Å². The molecular formula is C28H27Cl2N3O2. The van der Waals surface area contributed by atoms with Gasteiger partial charge in [-0.15, -0.1) is 0 Å². The fourth-order valence-corrected chi connectivity index (χ4v) is 4.48. The number of hydrogen-bond acceptors (Lipinski definition) is 3. The summed E-state index contributed by atoms with van der Waals surface area (Å²) in [6, 6.07) is 19.5. The molecule has 1 heterocycles. The molecule has 0 radical (unpaired) electrons. The number of rotatable bonds is 6. The Labute approximate surface area is 215 Å². The van der Waals surface area contributed by atoms with Gasteiger partial charge >= 0.3 is 0 Å². The van der Waals surface area contributed by atoms with Crippen LogP contribution in [-0.4, -0.2) is 30.1 Å². The highest BCUT2D eigenvalue weighted by atomic mass is 35.5. The number of halogens is 2. The van der Waals surface area contributed by atoms with Crippen molar-refractivity contribution in [3.05, 3.63) is 93.5 Å². The Hall–Kier alpha value is -3.15. The lowest BCUT2D eigenvalue weighted by molar-refractivity contribution is -0.123. The topological polar surface area (TPSA) is 61.8 Å². The molecule has 0 fully saturated rings. The summed E-state index contributed by atoms with van der Waals surface area (Å²) in [5, 5.41) is 3.92. The first-order valence-corrected chi connectivity index (χ1v) is 12.3. The van der Waals surface area contributed by atoms with Crippen LogP contribution in [0.15, 0.2) is 71.7 Å². The summed E-state index contributed by atoms with van der Waals surface area (Å²) in [4.78, 5) is 33.4. The zero-order valence-corrected chi connectivity index (χ0v) is 21.4. The molecule has 1 N–H and O–H groups in total. The molecule has 7 heteroatoms. The van der Waals surface area contributed by atoms with Crippen LogP contribution in [0.5, 0.6) is 0 Å². The molecule has 0 saturated carbocycles. The van der Waals surface area contributed by atoms with Gasteiger partial charge in [-0.05, 0) is 49.2 Å². The Kier molecular flexibility index (Phi) is 7.58. The van der Waals surface area contributed by atoms with E-state index in [2.05, 4.69) is 5.32 Å². The van der Waals surface area contributed by atoms with Crippen LogP contribution in [0.1, 0.15) is 37.0 Å². The maximum absolute atomic E-state index is 13.9. The summed E-state index contributed by atoms with van der Waals surface area (Å²) in [7, 11) is 0. The summed E-state index contributed by atoms with van der Waals surface area (Å²) in [6.07, 6.45) is 0.746. The maximum atomic E-state index is 13.9. The van der Waals surface area contributed by atoms with Gasteiger partial charge in [-0.3, -0.25) is 14.6 Å². The SMILES string of the molecule is CC[C@H](C)[C@H]1N=C(c2ccccc2Cl)c2cc(Cl)ccc2N(CC(=O)Nc2ccc(C)cc2)C1=O. The molecule has 4 rings (SSSR count). The molecule has 2 atom stereocenters. The lowest BCUT2D eigenvalue weighted by Gasteiger charge is -2.26. The number of aliphatic imine (C=N–C) groups is 1. The van der Waals surface area contributed by atoms with E-state index in [0.717, 1.165) is 12.0 Å². The predicted molar refractivity (Wildman–Crippen MR) is 144 cm³/mol. The average molecular weight is 508 g/mol. The minimum Gasteiger partial charge on any atom is -0.325 e. The van der Waals surface area contributed by atoms with E-state index in [-0.39, 0.29) is 24.3 Å². The standard InChI is InChI=1S/C28H27Cl2N3O2/c1-4-18(3)26-28(35)33(16-25(34)31-20-12-9-17(2)10-13-20)24-14-11-19(29)15-22(24)27(32-26)21-7-5-6-8-23(21)30/h5-15,18,26H,4,16H2,1-3H3,(H,31,34)/t18-,26+/m0/s1. The van der Waals surface area contributed by atoms with E-state index in [1.807, 2.05) is 63.2 Å². The molecule has 0 spiro atoms. The summed E-state index contributed by atoms with van der Waals surface area (Å²) in [5.41, 5.74) is 4.30. The Bertz CT molecular complexity index is 1290. The highest BCUT2D eigenvalue weighted by Gasteiger charge is 2.36. The van der Waals surface area contributed by atoms with Gasteiger partial charge in [0.25, 0.3) is 5.91 Å². The fourth-order valence-electron chi connectivity index (χ4n) is 4.08. The first-order chi connectivity index (χ1) is 16.8. The second kappa shape index (κ2) is 10.6. The number of carbonyl (C=O) groups excluding carboxylic acids is 2. The lowest BCUT2D eigenvalue weighted by Crippen LogP contribution is -2.44. The largest absolute Gasteiger partial charge is 0.325 e. The van der Waals surface area contributed by atoms with Crippen LogP contribution in [0.4, 0.5) is 11.4 Å². The van der Waals surface area contributed by atoms with Gasteiger partial charge in [-0.2, -0.15) is 0 Å². The molecule has 0 aromatic heterocycles. The van der Waals surface area contributed by atoms with Crippen LogP contribution < -0.4 is 10.2 Å². The summed E-state index contributed by atoms with van der Waals surface area (Å²) in [5.74, 6) is -0.580. The number of carbonyl (C=O) groups is 2. The van der Waals surface area contributed by atoms with Crippen molar-refractivity contribution in [2.45, 2.75) is 33.2 Å². The quantitative estimate of drug-likeness (QED) is 0.411. The van der Waals surface area contributed by atoms with Gasteiger partial charge in [-0.25, -0.2) is 0 Å². The molecule has 180 valence electrons. The fraction of sp³-hybridized carbons (Fsp3) is 0.250. The Balaban J connectivity index is 1.80. The molecule has 1 aliphatic rings. The van der Waals surface area contributed by atoms with E-state index in [1.54, 1.807) is 24.3 Å². The van der Waals surface area contributed by atoms with Gasteiger partial charge in [0.15, 0.2) is 0 Å². The molecule has 1 aliphatic heterocycles. The number of benzodiazepines with no additional fused rings is 1. The molecule has 0 bridgehead atoms. The van der Waals surface area contributed by atoms with Crippen molar-refractivity contribution in [1.82, 2.24) is 0 Å². The molecule has 0 saturated heterocycles. The van der Waals surface area contributed by atoms with Crippen molar-refractivity contribution in [1.29, 1.82) is 0 Å². The molecule has 5 nitrogen and oxygen atoms in total. The van der Waals surface area contributed by atoms with Crippen molar-refractivity contribution < 1.29 is 9.59 Å². The Morgan fingerprint density at radius 2 is 1.77 bits per heavy atom. The predicted octanol–water partition coefficient (Wildman–Crippen LogP) is 6.54. The van der Waals surface area contributed by atoms with Gasteiger partial charge in [0.05, 0.1) is 11.4 Å². The van der Waals surface area contributed by atoms with Crippen LogP contribution in [-0.2, 0) is 9.59 Å². The van der Waals surface area contributed by atoms with Crippen LogP contribution in [0.3, 0.4) is 0 Å². The van der Waals surface area contributed by atoms with Crippen molar-refractivity contribution >= 4 is 52.1 Å². The van der Waals surface area contributed by atoms with Gasteiger partial charge in [-0.1, -0.05) is 79.4 Å². The van der Waals surface area contributed by atoms with E-state index < -0.39 is 6.04 Å². The number of aryl methyl sites for hydroxylation is 1. The van der Waals surface area contributed by atoms with Gasteiger partial charge < -0.3 is 10.2 Å². The second-order valence-corrected chi connectivity index (χ2v) is 9.63. The molecule has 3 aromatic rings. The molecule has 0 aliphatic carbocycles. The van der Waals surface area contributed by atoms with E-state index in [0.29, 0.717) is 38.3 Å². The van der Waals surface area contributed by atoms with E-state index in [9.17, 15) is 9.59 Å². The van der Waals surface area contributed by atoms with Crippen LogP contribution in [0.2, 0.25) is 10.0 Å². The molecule has 35 heavy (non-hydrogen) atoms. The van der Waals surface area contributed by atoms with Crippen molar-refractivity contribution in [3.8, 4) is 0 Å². The number of amides is 2. The number of nitrogens with zero attached hydrogens (tertiary/aromatic N) is 2. The number of benzene rings is 3. The highest BCUT2D eigenvalue weighted by Crippen LogP contribution is 2.34. The average Bonchev–Trinajstić information content (AvgIpc) is 2.95. The Morgan fingerprint density at radius 1 is 1.06 bits per heavy atom. The third-order valence-corrected chi connectivity index (χ3v) is 6.81. The zero-order chi connectivity index (χ0) is 25.1. The normalized spacial score (nSPS) is 16.3. The lowest BCUT2D eigenvalue weighted by atomic mass is 9.97. The monoisotopic (exact) mass is 507 g/mol. The van der Waals surface area contributed by atoms with E-state index in [1.165, 1.54) is 4.90 Å². The first kappa shape index (κ1) is 25.0. The van der Waals surface area contributed by atoms with E-state index in [4.69, 9.17) is 28.2 Å².